The summed E-state index contributed by atoms with van der Waals surface area (Å²) in [6.45, 7) is 0.757. The first kappa shape index (κ1) is 16.9. The summed E-state index contributed by atoms with van der Waals surface area (Å²) in [5.74, 6) is 1.30. The zero-order valence-corrected chi connectivity index (χ0v) is 16.3. The summed E-state index contributed by atoms with van der Waals surface area (Å²) in [5, 5.41) is 15.7. The number of methoxy groups -OCH3 is 1. The summed E-state index contributed by atoms with van der Waals surface area (Å²) in [5.41, 5.74) is 2.31. The first-order chi connectivity index (χ1) is 13.2. The molecule has 0 spiro atoms. The number of fused-ring (bicyclic) bond motifs is 1. The van der Waals surface area contributed by atoms with E-state index >= 15 is 0 Å². The van der Waals surface area contributed by atoms with Gasteiger partial charge in [0.05, 0.1) is 19.0 Å². The molecule has 27 heavy (non-hydrogen) atoms. The fourth-order valence-corrected chi connectivity index (χ4v) is 4.96. The lowest BCUT2D eigenvalue weighted by molar-refractivity contribution is 0.373. The molecule has 0 aliphatic heterocycles. The Morgan fingerprint density at radius 3 is 2.78 bits per heavy atom. The average molecular weight is 385 g/mol. The van der Waals surface area contributed by atoms with Crippen LogP contribution in [0.2, 0.25) is 0 Å². The fraction of sp³-hybridized carbons (Fsp3) is 0.500. The highest BCUT2D eigenvalue weighted by Crippen LogP contribution is 2.38. The van der Waals surface area contributed by atoms with Crippen molar-refractivity contribution in [2.24, 2.45) is 0 Å². The van der Waals surface area contributed by atoms with Crippen LogP contribution in [-0.4, -0.2) is 32.9 Å². The van der Waals surface area contributed by atoms with Gasteiger partial charge in [-0.2, -0.15) is 0 Å². The lowest BCUT2D eigenvalue weighted by Crippen LogP contribution is -2.25. The molecule has 0 saturated heterocycles. The molecule has 6 nitrogen and oxygen atoms in total. The molecule has 0 unspecified atom stereocenters. The molecule has 142 valence electrons. The second-order valence-corrected chi connectivity index (χ2v) is 8.56. The maximum Gasteiger partial charge on any atom is 0.214 e. The van der Waals surface area contributed by atoms with Crippen molar-refractivity contribution >= 4 is 21.4 Å². The molecule has 0 atom stereocenters. The Morgan fingerprint density at radius 2 is 2.07 bits per heavy atom. The van der Waals surface area contributed by atoms with E-state index in [-0.39, 0.29) is 5.75 Å². The maximum absolute atomic E-state index is 9.83. The zero-order valence-electron chi connectivity index (χ0n) is 15.5. The number of phenols is 1. The van der Waals surface area contributed by atoms with Gasteiger partial charge in [0.1, 0.15) is 0 Å². The average Bonchev–Trinajstić information content (AvgIpc) is 3.06. The molecular formula is C20H24N4O2S. The van der Waals surface area contributed by atoms with Crippen LogP contribution in [-0.2, 0) is 6.54 Å². The molecular weight excluding hydrogens is 360 g/mol. The van der Waals surface area contributed by atoms with Crippen LogP contribution in [0.1, 0.15) is 55.7 Å². The van der Waals surface area contributed by atoms with E-state index < -0.39 is 0 Å². The number of anilines is 1. The monoisotopic (exact) mass is 384 g/mol. The number of phenolic OH excluding ortho intramolecular Hbond substituents is 1. The number of nitrogens with zero attached hydrogens (tertiary/aromatic N) is 4. The minimum Gasteiger partial charge on any atom is -0.504 e. The van der Waals surface area contributed by atoms with Crippen molar-refractivity contribution in [3.05, 3.63) is 35.7 Å². The summed E-state index contributed by atoms with van der Waals surface area (Å²) >= 11 is 1.67. The van der Waals surface area contributed by atoms with Crippen LogP contribution < -0.4 is 9.64 Å². The van der Waals surface area contributed by atoms with Gasteiger partial charge in [-0.25, -0.2) is 9.50 Å². The van der Waals surface area contributed by atoms with E-state index in [1.807, 2.05) is 16.6 Å². The number of imidazole rings is 1. The van der Waals surface area contributed by atoms with Gasteiger partial charge in [-0.3, -0.25) is 0 Å². The third-order valence-corrected chi connectivity index (χ3v) is 6.61. The molecule has 3 aromatic rings. The molecule has 2 saturated carbocycles. The second kappa shape index (κ2) is 6.71. The van der Waals surface area contributed by atoms with Crippen LogP contribution >= 0.6 is 11.3 Å². The smallest absolute Gasteiger partial charge is 0.214 e. The molecule has 7 heteroatoms. The molecule has 5 rings (SSSR count). The van der Waals surface area contributed by atoms with Crippen LogP contribution in [0.5, 0.6) is 11.5 Å². The van der Waals surface area contributed by atoms with Gasteiger partial charge < -0.3 is 14.7 Å². The van der Waals surface area contributed by atoms with Crippen molar-refractivity contribution in [3.63, 3.8) is 0 Å². The topological polar surface area (TPSA) is 62.9 Å². The Morgan fingerprint density at radius 1 is 1.26 bits per heavy atom. The predicted molar refractivity (Wildman–Crippen MR) is 106 cm³/mol. The summed E-state index contributed by atoms with van der Waals surface area (Å²) < 4.78 is 7.21. The van der Waals surface area contributed by atoms with Crippen LogP contribution in [0.3, 0.4) is 0 Å². The quantitative estimate of drug-likeness (QED) is 0.685. The van der Waals surface area contributed by atoms with Crippen LogP contribution in [0.25, 0.3) is 4.96 Å². The van der Waals surface area contributed by atoms with Crippen molar-refractivity contribution in [3.8, 4) is 11.5 Å². The van der Waals surface area contributed by atoms with Gasteiger partial charge in [0.25, 0.3) is 0 Å². The van der Waals surface area contributed by atoms with Crippen molar-refractivity contribution in [1.29, 1.82) is 0 Å². The van der Waals surface area contributed by atoms with E-state index in [1.165, 1.54) is 44.2 Å². The Labute approximate surface area is 162 Å². The van der Waals surface area contributed by atoms with Gasteiger partial charge >= 0.3 is 0 Å². The van der Waals surface area contributed by atoms with E-state index in [2.05, 4.69) is 11.1 Å². The van der Waals surface area contributed by atoms with Crippen molar-refractivity contribution < 1.29 is 9.84 Å². The van der Waals surface area contributed by atoms with E-state index in [1.54, 1.807) is 24.5 Å². The van der Waals surface area contributed by atoms with Gasteiger partial charge in [0.2, 0.25) is 10.1 Å². The molecule has 0 radical (unpaired) electrons. The largest absolute Gasteiger partial charge is 0.504 e. The van der Waals surface area contributed by atoms with E-state index in [9.17, 15) is 5.11 Å². The zero-order chi connectivity index (χ0) is 18.4. The van der Waals surface area contributed by atoms with Gasteiger partial charge in [-0.05, 0) is 43.4 Å². The number of hydrogen-bond donors (Lipinski definition) is 1. The fourth-order valence-electron chi connectivity index (χ4n) is 4.00. The minimum absolute atomic E-state index is 0.173. The van der Waals surface area contributed by atoms with Crippen molar-refractivity contribution in [2.45, 2.75) is 57.0 Å². The Kier molecular flexibility index (Phi) is 4.19. The Bertz CT molecular complexity index is 925. The molecule has 1 N–H and O–H groups in total. The molecule has 2 fully saturated rings. The number of rotatable bonds is 6. The lowest BCUT2D eigenvalue weighted by atomic mass is 10.1. The van der Waals surface area contributed by atoms with Crippen molar-refractivity contribution in [2.75, 3.05) is 12.0 Å². The standard InChI is InChI=1S/C20H24N4O2S/c1-26-18-10-13(6-9-17(18)25)11-23(15-7-8-15)20-22-24-12-16(21-19(24)27-20)14-4-2-3-5-14/h6,9-10,12,14-15,25H,2-5,7-8,11H2,1H3. The SMILES string of the molecule is COc1cc(CN(c2nn3cc(C4CCCC4)nc3s2)C2CC2)ccc1O. The number of benzene rings is 1. The third-order valence-electron chi connectivity index (χ3n) is 5.65. The molecule has 2 heterocycles. The molecule has 0 amide bonds. The van der Waals surface area contributed by atoms with Crippen LogP contribution in [0.4, 0.5) is 5.13 Å². The summed E-state index contributed by atoms with van der Waals surface area (Å²) in [6.07, 6.45) is 9.68. The number of ether oxygens (including phenoxy) is 1. The number of aromatic hydroxyl groups is 1. The van der Waals surface area contributed by atoms with Gasteiger partial charge in [-0.1, -0.05) is 30.2 Å². The van der Waals surface area contributed by atoms with Gasteiger partial charge in [-0.15, -0.1) is 5.10 Å². The highest BCUT2D eigenvalue weighted by molar-refractivity contribution is 7.20. The summed E-state index contributed by atoms with van der Waals surface area (Å²) in [6, 6.07) is 6.09. The normalized spacial score (nSPS) is 17.7. The van der Waals surface area contributed by atoms with E-state index in [4.69, 9.17) is 14.8 Å². The van der Waals surface area contributed by atoms with Crippen LogP contribution in [0, 0.1) is 0 Å². The molecule has 2 aliphatic rings. The number of aromatic nitrogens is 3. The van der Waals surface area contributed by atoms with Gasteiger partial charge in [0.15, 0.2) is 11.5 Å². The predicted octanol–water partition coefficient (Wildman–Crippen LogP) is 4.33. The lowest BCUT2D eigenvalue weighted by Gasteiger charge is -2.21. The van der Waals surface area contributed by atoms with E-state index in [0.717, 1.165) is 22.2 Å². The maximum atomic E-state index is 9.83. The Balaban J connectivity index is 1.41. The van der Waals surface area contributed by atoms with Crippen molar-refractivity contribution in [1.82, 2.24) is 14.6 Å². The first-order valence-corrected chi connectivity index (χ1v) is 10.5. The highest BCUT2D eigenvalue weighted by atomic mass is 32.1. The van der Waals surface area contributed by atoms with E-state index in [0.29, 0.717) is 17.7 Å². The highest BCUT2D eigenvalue weighted by Gasteiger charge is 2.32. The summed E-state index contributed by atoms with van der Waals surface area (Å²) in [7, 11) is 1.58. The Hall–Kier alpha value is -2.28. The number of hydrogen-bond acceptors (Lipinski definition) is 6. The van der Waals surface area contributed by atoms with Crippen LogP contribution in [0.15, 0.2) is 24.4 Å². The molecule has 2 aliphatic carbocycles. The molecule has 1 aromatic carbocycles. The molecule has 0 bridgehead atoms. The van der Waals surface area contributed by atoms with Gasteiger partial charge in [0, 0.05) is 18.5 Å². The first-order valence-electron chi connectivity index (χ1n) is 9.70. The minimum atomic E-state index is 0.173. The second-order valence-electron chi connectivity index (χ2n) is 7.62. The molecule has 2 aromatic heterocycles. The third kappa shape index (κ3) is 3.25. The summed E-state index contributed by atoms with van der Waals surface area (Å²) in [4.78, 5) is 8.21.